The van der Waals surface area contributed by atoms with Crippen LogP contribution in [0.15, 0.2) is 18.2 Å². The molecule has 2 N–H and O–H groups in total. The second-order valence-corrected chi connectivity index (χ2v) is 5.37. The van der Waals surface area contributed by atoms with Crippen molar-refractivity contribution in [2.75, 3.05) is 19.8 Å². The van der Waals surface area contributed by atoms with Gasteiger partial charge in [0.2, 0.25) is 0 Å². The number of fused-ring (bicyclic) bond motifs is 1. The van der Waals surface area contributed by atoms with Gasteiger partial charge in [0.05, 0.1) is 6.10 Å². The largest absolute Gasteiger partial charge is 0.486 e. The number of aliphatic hydroxyl groups excluding tert-OH is 1. The smallest absolute Gasteiger partial charge is 0.161 e. The van der Waals surface area contributed by atoms with Gasteiger partial charge in [-0.1, -0.05) is 12.5 Å². The van der Waals surface area contributed by atoms with Gasteiger partial charge >= 0.3 is 0 Å². The van der Waals surface area contributed by atoms with Gasteiger partial charge in [0.15, 0.2) is 11.5 Å². The van der Waals surface area contributed by atoms with Gasteiger partial charge in [-0.2, -0.15) is 0 Å². The zero-order valence-electron chi connectivity index (χ0n) is 11.1. The van der Waals surface area contributed by atoms with Crippen molar-refractivity contribution >= 4 is 0 Å². The van der Waals surface area contributed by atoms with Crippen LogP contribution in [0.4, 0.5) is 0 Å². The summed E-state index contributed by atoms with van der Waals surface area (Å²) in [5.41, 5.74) is 1.19. The zero-order chi connectivity index (χ0) is 13.1. The zero-order valence-corrected chi connectivity index (χ0v) is 11.1. The fourth-order valence-electron chi connectivity index (χ4n) is 2.85. The first-order chi connectivity index (χ1) is 9.33. The van der Waals surface area contributed by atoms with E-state index < -0.39 is 0 Å². The summed E-state index contributed by atoms with van der Waals surface area (Å²) >= 11 is 0. The van der Waals surface area contributed by atoms with Crippen LogP contribution in [0.2, 0.25) is 0 Å². The van der Waals surface area contributed by atoms with Gasteiger partial charge in [0.25, 0.3) is 0 Å². The van der Waals surface area contributed by atoms with E-state index in [1.54, 1.807) is 0 Å². The van der Waals surface area contributed by atoms with Crippen molar-refractivity contribution in [2.24, 2.45) is 5.92 Å². The van der Waals surface area contributed by atoms with Crippen molar-refractivity contribution in [3.63, 3.8) is 0 Å². The molecule has 1 aliphatic carbocycles. The van der Waals surface area contributed by atoms with E-state index in [0.717, 1.165) is 43.9 Å². The van der Waals surface area contributed by atoms with E-state index in [-0.39, 0.29) is 6.10 Å². The third-order valence-electron chi connectivity index (χ3n) is 3.96. The van der Waals surface area contributed by atoms with Crippen molar-refractivity contribution in [1.29, 1.82) is 0 Å². The van der Waals surface area contributed by atoms with Gasteiger partial charge in [-0.15, -0.1) is 0 Å². The average molecular weight is 263 g/mol. The number of benzene rings is 1. The number of rotatable bonds is 4. The number of hydrogen-bond donors (Lipinski definition) is 2. The monoisotopic (exact) mass is 263 g/mol. The van der Waals surface area contributed by atoms with Crippen LogP contribution >= 0.6 is 0 Å². The Hall–Kier alpha value is -1.26. The highest BCUT2D eigenvalue weighted by Gasteiger charge is 2.24. The van der Waals surface area contributed by atoms with Gasteiger partial charge in [-0.25, -0.2) is 0 Å². The Labute approximate surface area is 113 Å². The minimum atomic E-state index is -0.118. The number of hydrogen-bond acceptors (Lipinski definition) is 4. The molecule has 2 atom stereocenters. The Balaban J connectivity index is 1.52. The number of ether oxygens (including phenoxy) is 2. The molecule has 104 valence electrons. The molecule has 19 heavy (non-hydrogen) atoms. The number of aliphatic hydroxyl groups is 1. The molecule has 0 bridgehead atoms. The highest BCUT2D eigenvalue weighted by atomic mass is 16.6. The van der Waals surface area contributed by atoms with Crippen LogP contribution < -0.4 is 14.8 Å². The van der Waals surface area contributed by atoms with Crippen LogP contribution in [0.3, 0.4) is 0 Å². The first-order valence-electron chi connectivity index (χ1n) is 7.10. The van der Waals surface area contributed by atoms with E-state index in [1.807, 2.05) is 12.1 Å². The van der Waals surface area contributed by atoms with E-state index in [0.29, 0.717) is 19.1 Å². The highest BCUT2D eigenvalue weighted by molar-refractivity contribution is 5.43. The van der Waals surface area contributed by atoms with Gasteiger partial charge in [0, 0.05) is 13.1 Å². The van der Waals surface area contributed by atoms with Crippen LogP contribution in [0.1, 0.15) is 24.8 Å². The van der Waals surface area contributed by atoms with Crippen molar-refractivity contribution in [2.45, 2.75) is 31.9 Å². The molecule has 1 aromatic rings. The molecule has 0 radical (unpaired) electrons. The molecular formula is C15H21NO3. The van der Waals surface area contributed by atoms with Gasteiger partial charge in [-0.05, 0) is 36.5 Å². The molecule has 1 saturated carbocycles. The summed E-state index contributed by atoms with van der Waals surface area (Å²) < 4.78 is 11.1. The summed E-state index contributed by atoms with van der Waals surface area (Å²) in [6, 6.07) is 6.06. The van der Waals surface area contributed by atoms with Crippen molar-refractivity contribution in [3.8, 4) is 11.5 Å². The lowest BCUT2D eigenvalue weighted by atomic mass is 10.1. The highest BCUT2D eigenvalue weighted by Crippen LogP contribution is 2.30. The summed E-state index contributed by atoms with van der Waals surface area (Å²) in [4.78, 5) is 0. The summed E-state index contributed by atoms with van der Waals surface area (Å²) in [5.74, 6) is 2.09. The third kappa shape index (κ3) is 3.01. The predicted molar refractivity (Wildman–Crippen MR) is 72.5 cm³/mol. The summed E-state index contributed by atoms with van der Waals surface area (Å²) in [6.45, 7) is 2.94. The maximum absolute atomic E-state index is 9.77. The third-order valence-corrected chi connectivity index (χ3v) is 3.96. The molecular weight excluding hydrogens is 242 g/mol. The SMILES string of the molecule is OC1CCCC1CNCc1ccc2c(c1)OCCO2. The molecule has 3 rings (SSSR count). The molecule has 1 aromatic carbocycles. The lowest BCUT2D eigenvalue weighted by Crippen LogP contribution is -2.27. The Morgan fingerprint density at radius 1 is 1.16 bits per heavy atom. The van der Waals surface area contributed by atoms with Crippen molar-refractivity contribution < 1.29 is 14.6 Å². The van der Waals surface area contributed by atoms with Crippen LogP contribution in [0, 0.1) is 5.92 Å². The Kier molecular flexibility index (Phi) is 3.89. The van der Waals surface area contributed by atoms with Gasteiger partial charge in [0.1, 0.15) is 13.2 Å². The second-order valence-electron chi connectivity index (χ2n) is 5.37. The van der Waals surface area contributed by atoms with E-state index in [1.165, 1.54) is 5.56 Å². The molecule has 2 unspecified atom stereocenters. The molecule has 0 spiro atoms. The minimum Gasteiger partial charge on any atom is -0.486 e. The lowest BCUT2D eigenvalue weighted by Gasteiger charge is -2.19. The minimum absolute atomic E-state index is 0.118. The number of nitrogens with one attached hydrogen (secondary N) is 1. The van der Waals surface area contributed by atoms with Crippen LogP contribution in [0.5, 0.6) is 11.5 Å². The Morgan fingerprint density at radius 2 is 2.00 bits per heavy atom. The standard InChI is InChI=1S/C15H21NO3/c17-13-3-1-2-12(13)10-16-9-11-4-5-14-15(8-11)19-7-6-18-14/h4-5,8,12-13,16-17H,1-3,6-7,9-10H2. The van der Waals surface area contributed by atoms with Crippen LogP contribution in [-0.4, -0.2) is 31.0 Å². The molecule has 0 amide bonds. The van der Waals surface area contributed by atoms with Gasteiger partial charge in [-0.3, -0.25) is 0 Å². The van der Waals surface area contributed by atoms with Crippen LogP contribution in [0.25, 0.3) is 0 Å². The average Bonchev–Trinajstić information content (AvgIpc) is 2.84. The molecule has 1 aliphatic heterocycles. The quantitative estimate of drug-likeness (QED) is 0.868. The molecule has 1 heterocycles. The van der Waals surface area contributed by atoms with E-state index in [4.69, 9.17) is 9.47 Å². The van der Waals surface area contributed by atoms with Gasteiger partial charge < -0.3 is 19.9 Å². The molecule has 4 nitrogen and oxygen atoms in total. The lowest BCUT2D eigenvalue weighted by molar-refractivity contribution is 0.131. The molecule has 4 heteroatoms. The predicted octanol–water partition coefficient (Wildman–Crippen LogP) is 1.71. The van der Waals surface area contributed by atoms with Crippen molar-refractivity contribution in [3.05, 3.63) is 23.8 Å². The van der Waals surface area contributed by atoms with E-state index >= 15 is 0 Å². The molecule has 0 saturated heterocycles. The summed E-state index contributed by atoms with van der Waals surface area (Å²) in [7, 11) is 0. The maximum atomic E-state index is 9.77. The molecule has 0 aromatic heterocycles. The topological polar surface area (TPSA) is 50.7 Å². The van der Waals surface area contributed by atoms with Crippen LogP contribution in [-0.2, 0) is 6.54 Å². The second kappa shape index (κ2) is 5.80. The van der Waals surface area contributed by atoms with E-state index in [2.05, 4.69) is 11.4 Å². The normalized spacial score (nSPS) is 25.5. The molecule has 2 aliphatic rings. The fraction of sp³-hybridized carbons (Fsp3) is 0.600. The first-order valence-corrected chi connectivity index (χ1v) is 7.10. The fourth-order valence-corrected chi connectivity index (χ4v) is 2.85. The molecule has 1 fully saturated rings. The van der Waals surface area contributed by atoms with Crippen molar-refractivity contribution in [1.82, 2.24) is 5.32 Å². The first kappa shape index (κ1) is 12.8. The Morgan fingerprint density at radius 3 is 2.79 bits per heavy atom. The Bertz CT molecular complexity index is 435. The van der Waals surface area contributed by atoms with E-state index in [9.17, 15) is 5.11 Å². The summed E-state index contributed by atoms with van der Waals surface area (Å²) in [5, 5.41) is 13.2. The summed E-state index contributed by atoms with van der Waals surface area (Å²) in [6.07, 6.45) is 3.12. The maximum Gasteiger partial charge on any atom is 0.161 e.